The molecule has 0 radical (unpaired) electrons. The van der Waals surface area contributed by atoms with Crippen molar-refractivity contribution in [2.45, 2.75) is 33.8 Å². The van der Waals surface area contributed by atoms with E-state index in [2.05, 4.69) is 27.3 Å². The van der Waals surface area contributed by atoms with E-state index in [0.29, 0.717) is 28.3 Å². The zero-order chi connectivity index (χ0) is 22.4. The molecule has 1 aliphatic heterocycles. The number of rotatable bonds is 7. The molecule has 1 fully saturated rings. The molecule has 1 heterocycles. The minimum Gasteiger partial charge on any atom is -0.491 e. The summed E-state index contributed by atoms with van der Waals surface area (Å²) >= 11 is 0. The predicted molar refractivity (Wildman–Crippen MR) is 123 cm³/mol. The Kier molecular flexibility index (Phi) is 7.63. The lowest BCUT2D eigenvalue weighted by atomic mass is 10.1. The number of ether oxygens (including phenoxy) is 1. The van der Waals surface area contributed by atoms with E-state index in [0.717, 1.165) is 32.7 Å². The maximum absolute atomic E-state index is 14.8. The van der Waals surface area contributed by atoms with Gasteiger partial charge in [-0.2, -0.15) is 5.10 Å². The van der Waals surface area contributed by atoms with Crippen LogP contribution in [0.1, 0.15) is 43.6 Å². The summed E-state index contributed by atoms with van der Waals surface area (Å²) in [5.41, 5.74) is 4.79. The second-order valence-corrected chi connectivity index (χ2v) is 7.92. The van der Waals surface area contributed by atoms with Crippen molar-refractivity contribution in [1.29, 1.82) is 0 Å². The van der Waals surface area contributed by atoms with Crippen molar-refractivity contribution >= 4 is 17.3 Å². The van der Waals surface area contributed by atoms with Crippen LogP contribution in [0.3, 0.4) is 0 Å². The lowest BCUT2D eigenvalue weighted by Crippen LogP contribution is -2.46. The Morgan fingerprint density at radius 3 is 2.32 bits per heavy atom. The van der Waals surface area contributed by atoms with Crippen LogP contribution in [0.15, 0.2) is 47.6 Å². The molecule has 1 amide bonds. The molecule has 1 N–H and O–H groups in total. The van der Waals surface area contributed by atoms with Crippen LogP contribution in [0.2, 0.25) is 0 Å². The summed E-state index contributed by atoms with van der Waals surface area (Å²) in [4.78, 5) is 16.8. The zero-order valence-corrected chi connectivity index (χ0v) is 18.7. The van der Waals surface area contributed by atoms with Crippen LogP contribution in [0.5, 0.6) is 5.75 Å². The summed E-state index contributed by atoms with van der Waals surface area (Å²) in [7, 11) is 0. The summed E-state index contributed by atoms with van der Waals surface area (Å²) < 4.78 is 20.3. The fourth-order valence-corrected chi connectivity index (χ4v) is 3.51. The molecule has 0 aromatic heterocycles. The van der Waals surface area contributed by atoms with Gasteiger partial charge in [-0.1, -0.05) is 13.0 Å². The van der Waals surface area contributed by atoms with Gasteiger partial charge in [0.25, 0.3) is 5.91 Å². The summed E-state index contributed by atoms with van der Waals surface area (Å²) in [5.74, 6) is 0.100. The number of hydrogen-bond acceptors (Lipinski definition) is 5. The van der Waals surface area contributed by atoms with Crippen LogP contribution < -0.4 is 15.1 Å². The Morgan fingerprint density at radius 2 is 1.74 bits per heavy atom. The van der Waals surface area contributed by atoms with Gasteiger partial charge >= 0.3 is 0 Å². The molecule has 6 nitrogen and oxygen atoms in total. The first-order valence-corrected chi connectivity index (χ1v) is 10.8. The van der Waals surface area contributed by atoms with Gasteiger partial charge in [0.2, 0.25) is 0 Å². The van der Waals surface area contributed by atoms with Crippen molar-refractivity contribution in [3.8, 4) is 5.75 Å². The first-order chi connectivity index (χ1) is 14.9. The van der Waals surface area contributed by atoms with Crippen LogP contribution in [0.25, 0.3) is 0 Å². The highest BCUT2D eigenvalue weighted by Crippen LogP contribution is 2.22. The number of anilines is 1. The molecule has 31 heavy (non-hydrogen) atoms. The van der Waals surface area contributed by atoms with Gasteiger partial charge in [0, 0.05) is 37.3 Å². The van der Waals surface area contributed by atoms with Crippen molar-refractivity contribution in [2.24, 2.45) is 5.10 Å². The second-order valence-electron chi connectivity index (χ2n) is 7.92. The van der Waals surface area contributed by atoms with Crippen LogP contribution in [-0.4, -0.2) is 55.3 Å². The molecule has 3 rings (SSSR count). The lowest BCUT2D eigenvalue weighted by molar-refractivity contribution is 0.0955. The van der Waals surface area contributed by atoms with E-state index in [4.69, 9.17) is 4.74 Å². The molecule has 2 aromatic carbocycles. The van der Waals surface area contributed by atoms with E-state index in [1.54, 1.807) is 37.3 Å². The van der Waals surface area contributed by atoms with E-state index in [-0.39, 0.29) is 17.8 Å². The number of nitrogens with one attached hydrogen (secondary N) is 1. The molecule has 0 unspecified atom stereocenters. The lowest BCUT2D eigenvalue weighted by Gasteiger charge is -2.35. The van der Waals surface area contributed by atoms with Gasteiger partial charge in [0.15, 0.2) is 0 Å². The Hall–Kier alpha value is -2.93. The van der Waals surface area contributed by atoms with Gasteiger partial charge in [-0.25, -0.2) is 9.82 Å². The number of benzene rings is 2. The molecule has 0 spiro atoms. The van der Waals surface area contributed by atoms with Crippen LogP contribution in [0.4, 0.5) is 10.1 Å². The van der Waals surface area contributed by atoms with Crippen molar-refractivity contribution in [2.75, 3.05) is 37.6 Å². The minimum atomic E-state index is -0.332. The van der Waals surface area contributed by atoms with Crippen molar-refractivity contribution in [1.82, 2.24) is 10.3 Å². The fraction of sp³-hybridized carbons (Fsp3) is 0.417. The summed E-state index contributed by atoms with van der Waals surface area (Å²) in [5, 5.41) is 4.14. The van der Waals surface area contributed by atoms with Crippen LogP contribution in [0, 0.1) is 5.82 Å². The number of halogens is 1. The molecule has 1 aliphatic rings. The molecule has 0 bridgehead atoms. The number of likely N-dealkylation sites (N-methyl/N-ethyl adjacent to an activating group) is 1. The van der Waals surface area contributed by atoms with E-state index >= 15 is 0 Å². The van der Waals surface area contributed by atoms with Gasteiger partial charge in [-0.3, -0.25) is 4.79 Å². The third-order valence-corrected chi connectivity index (χ3v) is 5.34. The van der Waals surface area contributed by atoms with Gasteiger partial charge in [0.1, 0.15) is 11.6 Å². The number of carbonyl (C=O) groups is 1. The smallest absolute Gasteiger partial charge is 0.271 e. The summed E-state index contributed by atoms with van der Waals surface area (Å²) in [6.45, 7) is 12.3. The maximum atomic E-state index is 14.8. The Labute approximate surface area is 183 Å². The van der Waals surface area contributed by atoms with Gasteiger partial charge in [0.05, 0.1) is 17.5 Å². The quantitative estimate of drug-likeness (QED) is 0.539. The molecule has 1 saturated heterocycles. The maximum Gasteiger partial charge on any atom is 0.271 e. The number of nitrogens with zero attached hydrogens (tertiary/aromatic N) is 3. The van der Waals surface area contributed by atoms with E-state index < -0.39 is 0 Å². The van der Waals surface area contributed by atoms with Gasteiger partial charge in [-0.15, -0.1) is 0 Å². The number of hydrazone groups is 1. The monoisotopic (exact) mass is 426 g/mol. The molecule has 7 heteroatoms. The topological polar surface area (TPSA) is 57.2 Å². The number of amides is 1. The highest BCUT2D eigenvalue weighted by atomic mass is 19.1. The van der Waals surface area contributed by atoms with Crippen molar-refractivity contribution in [3.63, 3.8) is 0 Å². The van der Waals surface area contributed by atoms with Crippen molar-refractivity contribution in [3.05, 3.63) is 59.4 Å². The first-order valence-electron chi connectivity index (χ1n) is 10.8. The fourth-order valence-electron chi connectivity index (χ4n) is 3.51. The number of carbonyl (C=O) groups excluding carboxylic acids is 1. The normalized spacial score (nSPS) is 15.3. The highest BCUT2D eigenvalue weighted by Gasteiger charge is 2.19. The Balaban J connectivity index is 1.62. The van der Waals surface area contributed by atoms with Crippen LogP contribution in [-0.2, 0) is 0 Å². The zero-order valence-electron chi connectivity index (χ0n) is 18.7. The molecule has 2 aromatic rings. The summed E-state index contributed by atoms with van der Waals surface area (Å²) in [6, 6.07) is 12.0. The molecular formula is C24H31FN4O2. The van der Waals surface area contributed by atoms with E-state index in [1.165, 1.54) is 6.07 Å². The largest absolute Gasteiger partial charge is 0.491 e. The third-order valence-electron chi connectivity index (χ3n) is 5.34. The van der Waals surface area contributed by atoms with E-state index in [9.17, 15) is 9.18 Å². The first kappa shape index (κ1) is 22.7. The van der Waals surface area contributed by atoms with E-state index in [1.807, 2.05) is 19.9 Å². The number of piperazine rings is 1. The van der Waals surface area contributed by atoms with Gasteiger partial charge in [-0.05, 0) is 63.7 Å². The third kappa shape index (κ3) is 6.04. The van der Waals surface area contributed by atoms with Crippen molar-refractivity contribution < 1.29 is 13.9 Å². The van der Waals surface area contributed by atoms with Gasteiger partial charge < -0.3 is 14.5 Å². The molecule has 0 saturated carbocycles. The average molecular weight is 427 g/mol. The minimum absolute atomic E-state index is 0.0691. The second kappa shape index (κ2) is 10.4. The molecular weight excluding hydrogens is 395 g/mol. The molecule has 0 aliphatic carbocycles. The predicted octanol–water partition coefficient (Wildman–Crippen LogP) is 3.91. The molecule has 0 atom stereocenters. The standard InChI is InChI=1S/C24H31FN4O2/c1-5-28-12-14-29(15-13-28)23-11-8-20(16-22(23)25)18(4)26-27-24(30)19-6-9-21(10-7-19)31-17(2)3/h6-11,16-17H,5,12-15H2,1-4H3,(H,27,30)/b26-18-. The van der Waals surface area contributed by atoms with Crippen LogP contribution >= 0.6 is 0 Å². The Bertz CT molecular complexity index is 920. The molecule has 166 valence electrons. The summed E-state index contributed by atoms with van der Waals surface area (Å²) in [6.07, 6.45) is 0.0691. The number of hydrogen-bond donors (Lipinski definition) is 1. The average Bonchev–Trinajstić information content (AvgIpc) is 2.77. The Morgan fingerprint density at radius 1 is 1.10 bits per heavy atom. The highest BCUT2D eigenvalue weighted by molar-refractivity contribution is 6.01. The SMILES string of the molecule is CCN1CCN(c2ccc(/C(C)=N\NC(=O)c3ccc(OC(C)C)cc3)cc2F)CC1.